The number of carbonyl (C=O) groups excluding carboxylic acids is 1. The lowest BCUT2D eigenvalue weighted by Crippen LogP contribution is -2.31. The Kier molecular flexibility index (Phi) is 6.56. The standard InChI is InChI=1S/C14H27NO2/c1-3-4-5-6-11(2)17-14(16)12-7-9-13(15)10-8-12/h11-13H,3-10,15H2,1-2H3. The molecule has 0 bridgehead atoms. The molecule has 0 aromatic rings. The number of hydrogen-bond acceptors (Lipinski definition) is 3. The van der Waals surface area contributed by atoms with Gasteiger partial charge in [-0.1, -0.05) is 19.8 Å². The first-order valence-electron chi connectivity index (χ1n) is 7.09. The molecule has 1 atom stereocenters. The average molecular weight is 241 g/mol. The molecular weight excluding hydrogens is 214 g/mol. The van der Waals surface area contributed by atoms with Crippen LogP contribution in [0.3, 0.4) is 0 Å². The van der Waals surface area contributed by atoms with Crippen molar-refractivity contribution in [3.8, 4) is 0 Å². The van der Waals surface area contributed by atoms with Crippen LogP contribution in [-0.4, -0.2) is 18.1 Å². The molecule has 0 aliphatic heterocycles. The minimum Gasteiger partial charge on any atom is -0.462 e. The Balaban J connectivity index is 2.19. The molecule has 1 fully saturated rings. The molecule has 1 saturated carbocycles. The normalized spacial score (nSPS) is 26.5. The second-order valence-corrected chi connectivity index (χ2v) is 5.35. The lowest BCUT2D eigenvalue weighted by Gasteiger charge is -2.25. The third kappa shape index (κ3) is 5.53. The van der Waals surface area contributed by atoms with Crippen LogP contribution in [0.2, 0.25) is 0 Å². The van der Waals surface area contributed by atoms with Crippen LogP contribution < -0.4 is 5.73 Å². The van der Waals surface area contributed by atoms with Crippen LogP contribution in [-0.2, 0) is 9.53 Å². The van der Waals surface area contributed by atoms with Gasteiger partial charge in [-0.3, -0.25) is 4.79 Å². The molecule has 1 rings (SSSR count). The fraction of sp³-hybridized carbons (Fsp3) is 0.929. The summed E-state index contributed by atoms with van der Waals surface area (Å²) in [7, 11) is 0. The number of rotatable bonds is 6. The van der Waals surface area contributed by atoms with E-state index in [-0.39, 0.29) is 18.0 Å². The predicted molar refractivity (Wildman–Crippen MR) is 69.6 cm³/mol. The highest BCUT2D eigenvalue weighted by Crippen LogP contribution is 2.25. The third-order valence-corrected chi connectivity index (χ3v) is 3.64. The first-order chi connectivity index (χ1) is 8.13. The van der Waals surface area contributed by atoms with E-state index in [1.54, 1.807) is 0 Å². The number of carbonyl (C=O) groups is 1. The Morgan fingerprint density at radius 3 is 2.53 bits per heavy atom. The molecule has 1 aliphatic carbocycles. The monoisotopic (exact) mass is 241 g/mol. The van der Waals surface area contributed by atoms with Gasteiger partial charge in [-0.05, 0) is 45.4 Å². The maximum absolute atomic E-state index is 11.9. The minimum absolute atomic E-state index is 0.000832. The Hall–Kier alpha value is -0.570. The third-order valence-electron chi connectivity index (χ3n) is 3.64. The molecule has 1 aliphatic rings. The van der Waals surface area contributed by atoms with E-state index >= 15 is 0 Å². The molecule has 0 radical (unpaired) electrons. The van der Waals surface area contributed by atoms with Crippen molar-refractivity contribution in [2.24, 2.45) is 11.7 Å². The zero-order valence-corrected chi connectivity index (χ0v) is 11.3. The Morgan fingerprint density at radius 1 is 1.29 bits per heavy atom. The summed E-state index contributed by atoms with van der Waals surface area (Å²) in [4.78, 5) is 11.9. The van der Waals surface area contributed by atoms with Gasteiger partial charge in [-0.15, -0.1) is 0 Å². The second kappa shape index (κ2) is 7.70. The van der Waals surface area contributed by atoms with E-state index < -0.39 is 0 Å². The fourth-order valence-electron chi connectivity index (χ4n) is 2.39. The zero-order chi connectivity index (χ0) is 12.7. The molecule has 0 spiro atoms. The molecular formula is C14H27NO2. The van der Waals surface area contributed by atoms with Gasteiger partial charge in [0.2, 0.25) is 0 Å². The SMILES string of the molecule is CCCCCC(C)OC(=O)C1CCC(N)CC1. The maximum atomic E-state index is 11.9. The van der Waals surface area contributed by atoms with Crippen molar-refractivity contribution in [2.75, 3.05) is 0 Å². The van der Waals surface area contributed by atoms with E-state index in [0.29, 0.717) is 6.04 Å². The molecule has 3 nitrogen and oxygen atoms in total. The van der Waals surface area contributed by atoms with Crippen LogP contribution in [0.25, 0.3) is 0 Å². The first-order valence-corrected chi connectivity index (χ1v) is 7.09. The zero-order valence-electron chi connectivity index (χ0n) is 11.3. The maximum Gasteiger partial charge on any atom is 0.309 e. The van der Waals surface area contributed by atoms with Crippen LogP contribution in [0.15, 0.2) is 0 Å². The summed E-state index contributed by atoms with van der Waals surface area (Å²) in [6, 6.07) is 0.293. The predicted octanol–water partition coefficient (Wildman–Crippen LogP) is 3.02. The van der Waals surface area contributed by atoms with Gasteiger partial charge < -0.3 is 10.5 Å². The second-order valence-electron chi connectivity index (χ2n) is 5.35. The smallest absolute Gasteiger partial charge is 0.309 e. The van der Waals surface area contributed by atoms with E-state index in [1.807, 2.05) is 6.92 Å². The molecule has 0 aromatic heterocycles. The van der Waals surface area contributed by atoms with E-state index in [4.69, 9.17) is 10.5 Å². The lowest BCUT2D eigenvalue weighted by atomic mass is 9.86. The first kappa shape index (κ1) is 14.5. The molecule has 100 valence electrons. The largest absolute Gasteiger partial charge is 0.462 e. The Labute approximate surface area is 105 Å². The molecule has 0 amide bonds. The Bertz CT molecular complexity index is 222. The van der Waals surface area contributed by atoms with Gasteiger partial charge in [0.1, 0.15) is 0 Å². The van der Waals surface area contributed by atoms with Crippen molar-refractivity contribution in [2.45, 2.75) is 77.4 Å². The van der Waals surface area contributed by atoms with Crippen LogP contribution in [0.4, 0.5) is 0 Å². The fourth-order valence-corrected chi connectivity index (χ4v) is 2.39. The van der Waals surface area contributed by atoms with Gasteiger partial charge in [0.05, 0.1) is 12.0 Å². The summed E-state index contributed by atoms with van der Waals surface area (Å²) < 4.78 is 5.49. The average Bonchev–Trinajstić information content (AvgIpc) is 2.30. The van der Waals surface area contributed by atoms with Gasteiger partial charge in [-0.2, -0.15) is 0 Å². The van der Waals surface area contributed by atoms with Gasteiger partial charge in [-0.25, -0.2) is 0 Å². The number of unbranched alkanes of at least 4 members (excludes halogenated alkanes) is 2. The van der Waals surface area contributed by atoms with Crippen LogP contribution in [0, 0.1) is 5.92 Å². The van der Waals surface area contributed by atoms with Crippen molar-refractivity contribution in [3.05, 3.63) is 0 Å². The molecule has 0 aromatic carbocycles. The van der Waals surface area contributed by atoms with Crippen LogP contribution >= 0.6 is 0 Å². The summed E-state index contributed by atoms with van der Waals surface area (Å²) in [6.07, 6.45) is 8.38. The summed E-state index contributed by atoms with van der Waals surface area (Å²) in [6.45, 7) is 4.18. The van der Waals surface area contributed by atoms with E-state index in [2.05, 4.69) is 6.92 Å². The Morgan fingerprint density at radius 2 is 1.94 bits per heavy atom. The number of nitrogens with two attached hydrogens (primary N) is 1. The highest BCUT2D eigenvalue weighted by Gasteiger charge is 2.26. The van der Waals surface area contributed by atoms with Crippen molar-refractivity contribution in [3.63, 3.8) is 0 Å². The summed E-state index contributed by atoms with van der Waals surface area (Å²) in [5.41, 5.74) is 5.83. The van der Waals surface area contributed by atoms with Gasteiger partial charge in [0.25, 0.3) is 0 Å². The minimum atomic E-state index is 0.000832. The molecule has 2 N–H and O–H groups in total. The van der Waals surface area contributed by atoms with Gasteiger partial charge in [0.15, 0.2) is 0 Å². The molecule has 0 heterocycles. The van der Waals surface area contributed by atoms with Crippen LogP contribution in [0.1, 0.15) is 65.2 Å². The number of ether oxygens (including phenoxy) is 1. The molecule has 1 unspecified atom stereocenters. The summed E-state index contributed by atoms with van der Waals surface area (Å²) in [5, 5.41) is 0. The van der Waals surface area contributed by atoms with Gasteiger partial charge >= 0.3 is 5.97 Å². The van der Waals surface area contributed by atoms with Crippen molar-refractivity contribution in [1.29, 1.82) is 0 Å². The van der Waals surface area contributed by atoms with Crippen molar-refractivity contribution < 1.29 is 9.53 Å². The molecule has 17 heavy (non-hydrogen) atoms. The number of esters is 1. The van der Waals surface area contributed by atoms with E-state index in [1.165, 1.54) is 12.8 Å². The van der Waals surface area contributed by atoms with Crippen molar-refractivity contribution >= 4 is 5.97 Å². The van der Waals surface area contributed by atoms with Gasteiger partial charge in [0, 0.05) is 6.04 Å². The topological polar surface area (TPSA) is 52.3 Å². The lowest BCUT2D eigenvalue weighted by molar-refractivity contribution is -0.154. The highest BCUT2D eigenvalue weighted by atomic mass is 16.5. The summed E-state index contributed by atoms with van der Waals surface area (Å²) >= 11 is 0. The molecule has 0 saturated heterocycles. The molecule has 3 heteroatoms. The van der Waals surface area contributed by atoms with Crippen LogP contribution in [0.5, 0.6) is 0 Å². The number of hydrogen-bond donors (Lipinski definition) is 1. The summed E-state index contributed by atoms with van der Waals surface area (Å²) in [5.74, 6) is 0.101. The highest BCUT2D eigenvalue weighted by molar-refractivity contribution is 5.72. The van der Waals surface area contributed by atoms with E-state index in [0.717, 1.165) is 38.5 Å². The van der Waals surface area contributed by atoms with Crippen molar-refractivity contribution in [1.82, 2.24) is 0 Å². The van der Waals surface area contributed by atoms with E-state index in [9.17, 15) is 4.79 Å². The quantitative estimate of drug-likeness (QED) is 0.574.